The first kappa shape index (κ1) is 12.7. The lowest BCUT2D eigenvalue weighted by Crippen LogP contribution is -2.25. The molecule has 4 rings (SSSR count). The van der Waals surface area contributed by atoms with Crippen LogP contribution in [0.5, 0.6) is 0 Å². The minimum Gasteiger partial charge on any atom is -0.357 e. The number of H-pyrrole nitrogens is 1. The summed E-state index contributed by atoms with van der Waals surface area (Å²) < 4.78 is 1.93. The molecule has 0 bridgehead atoms. The summed E-state index contributed by atoms with van der Waals surface area (Å²) in [6, 6.07) is 11.1. The number of hydrogen-bond acceptors (Lipinski definition) is 2. The van der Waals surface area contributed by atoms with E-state index < -0.39 is 0 Å². The average molecular weight is 280 g/mol. The van der Waals surface area contributed by atoms with E-state index in [1.54, 1.807) is 0 Å². The summed E-state index contributed by atoms with van der Waals surface area (Å²) >= 11 is 0. The first-order valence-electron chi connectivity index (χ1n) is 7.62. The highest BCUT2D eigenvalue weighted by Gasteiger charge is 2.23. The number of aromatic nitrogens is 3. The second kappa shape index (κ2) is 5.04. The van der Waals surface area contributed by atoms with Gasteiger partial charge in [-0.3, -0.25) is 4.68 Å². The number of aryl methyl sites for hydroxylation is 2. The van der Waals surface area contributed by atoms with Gasteiger partial charge in [0.05, 0.1) is 5.69 Å². The molecule has 0 radical (unpaired) electrons. The van der Waals surface area contributed by atoms with Crippen molar-refractivity contribution in [2.45, 2.75) is 31.8 Å². The molecule has 0 spiro atoms. The average Bonchev–Trinajstić information content (AvgIpc) is 3.09. The quantitative estimate of drug-likeness (QED) is 0.774. The number of rotatable bonds is 3. The molecule has 2 N–H and O–H groups in total. The maximum atomic E-state index is 4.23. The molecule has 0 fully saturated rings. The molecule has 0 amide bonds. The monoisotopic (exact) mass is 280 g/mol. The number of para-hydroxylation sites is 1. The van der Waals surface area contributed by atoms with Crippen LogP contribution in [-0.2, 0) is 20.0 Å². The predicted octanol–water partition coefficient (Wildman–Crippen LogP) is 3.07. The minimum atomic E-state index is 0.413. The fraction of sp³-hybridized carbons (Fsp3) is 0.353. The Morgan fingerprint density at radius 1 is 1.33 bits per heavy atom. The Labute approximate surface area is 124 Å². The van der Waals surface area contributed by atoms with Crippen molar-refractivity contribution < 1.29 is 0 Å². The van der Waals surface area contributed by atoms with Gasteiger partial charge in [0, 0.05) is 42.4 Å². The molecule has 1 atom stereocenters. The lowest BCUT2D eigenvalue weighted by Gasteiger charge is -2.24. The fourth-order valence-corrected chi connectivity index (χ4v) is 3.42. The molecule has 1 aliphatic rings. The predicted molar refractivity (Wildman–Crippen MR) is 84.0 cm³/mol. The molecule has 4 heteroatoms. The molecule has 0 aliphatic heterocycles. The van der Waals surface area contributed by atoms with Crippen molar-refractivity contribution in [3.05, 3.63) is 53.5 Å². The van der Waals surface area contributed by atoms with E-state index in [0.717, 1.165) is 6.54 Å². The Balaban J connectivity index is 1.62. The van der Waals surface area contributed by atoms with Crippen LogP contribution in [0.25, 0.3) is 10.9 Å². The van der Waals surface area contributed by atoms with E-state index in [2.05, 4.69) is 45.7 Å². The zero-order chi connectivity index (χ0) is 14.2. The Hall–Kier alpha value is -2.07. The summed E-state index contributed by atoms with van der Waals surface area (Å²) in [5.74, 6) is 0. The lowest BCUT2D eigenvalue weighted by atomic mass is 9.91. The zero-order valence-corrected chi connectivity index (χ0v) is 12.3. The highest BCUT2D eigenvalue weighted by atomic mass is 15.3. The van der Waals surface area contributed by atoms with Gasteiger partial charge in [0.15, 0.2) is 0 Å². The van der Waals surface area contributed by atoms with E-state index in [-0.39, 0.29) is 0 Å². The number of hydrogen-bond donors (Lipinski definition) is 2. The van der Waals surface area contributed by atoms with Crippen molar-refractivity contribution in [1.82, 2.24) is 20.1 Å². The van der Waals surface area contributed by atoms with Gasteiger partial charge in [-0.2, -0.15) is 5.10 Å². The van der Waals surface area contributed by atoms with Gasteiger partial charge in [-0.05, 0) is 37.0 Å². The largest absolute Gasteiger partial charge is 0.357 e. The zero-order valence-electron chi connectivity index (χ0n) is 12.3. The number of nitrogens with zero attached hydrogens (tertiary/aromatic N) is 2. The maximum Gasteiger partial charge on any atom is 0.0518 e. The minimum absolute atomic E-state index is 0.413. The summed E-state index contributed by atoms with van der Waals surface area (Å²) in [6.45, 7) is 0.857. The third kappa shape index (κ3) is 2.16. The molecular formula is C17H20N4. The second-order valence-corrected chi connectivity index (χ2v) is 5.83. The molecular weight excluding hydrogens is 260 g/mol. The summed E-state index contributed by atoms with van der Waals surface area (Å²) in [5.41, 5.74) is 5.36. The van der Waals surface area contributed by atoms with Gasteiger partial charge < -0.3 is 10.3 Å². The fourth-order valence-electron chi connectivity index (χ4n) is 3.42. The molecule has 3 aromatic rings. The van der Waals surface area contributed by atoms with Crippen LogP contribution in [0.1, 0.15) is 35.8 Å². The molecule has 1 unspecified atom stereocenters. The summed E-state index contributed by atoms with van der Waals surface area (Å²) in [5, 5.41) is 9.31. The van der Waals surface area contributed by atoms with Crippen molar-refractivity contribution in [3.63, 3.8) is 0 Å². The van der Waals surface area contributed by atoms with Crippen LogP contribution in [0.15, 0.2) is 36.5 Å². The molecule has 2 aromatic heterocycles. The second-order valence-electron chi connectivity index (χ2n) is 5.83. The van der Waals surface area contributed by atoms with Crippen molar-refractivity contribution in [1.29, 1.82) is 0 Å². The van der Waals surface area contributed by atoms with E-state index in [1.165, 1.54) is 47.1 Å². The van der Waals surface area contributed by atoms with Gasteiger partial charge in [-0.1, -0.05) is 18.2 Å². The van der Waals surface area contributed by atoms with Crippen molar-refractivity contribution >= 4 is 10.9 Å². The standard InChI is InChI=1S/C17H20N4/c1-21-12(9-10-19-21)11-18-16-8-4-6-14-13-5-2-3-7-15(13)20-17(14)16/h2-3,5,7,9-10,16,18,20H,4,6,8,11H2,1H3. The van der Waals surface area contributed by atoms with E-state index in [1.807, 2.05) is 17.9 Å². The van der Waals surface area contributed by atoms with Crippen LogP contribution in [-0.4, -0.2) is 14.8 Å². The third-order valence-electron chi connectivity index (χ3n) is 4.57. The van der Waals surface area contributed by atoms with E-state index in [0.29, 0.717) is 6.04 Å². The van der Waals surface area contributed by atoms with E-state index in [9.17, 15) is 0 Å². The highest BCUT2D eigenvalue weighted by molar-refractivity contribution is 5.85. The van der Waals surface area contributed by atoms with Gasteiger partial charge in [0.2, 0.25) is 0 Å². The van der Waals surface area contributed by atoms with Crippen LogP contribution < -0.4 is 5.32 Å². The van der Waals surface area contributed by atoms with Crippen LogP contribution in [0, 0.1) is 0 Å². The molecule has 4 nitrogen and oxygen atoms in total. The normalized spacial score (nSPS) is 18.0. The van der Waals surface area contributed by atoms with Gasteiger partial charge in [0.1, 0.15) is 0 Å². The highest BCUT2D eigenvalue weighted by Crippen LogP contribution is 2.34. The van der Waals surface area contributed by atoms with Crippen LogP contribution in [0.2, 0.25) is 0 Å². The Bertz CT molecular complexity index is 768. The number of nitrogens with one attached hydrogen (secondary N) is 2. The van der Waals surface area contributed by atoms with E-state index >= 15 is 0 Å². The van der Waals surface area contributed by atoms with Gasteiger partial charge in [0.25, 0.3) is 0 Å². The molecule has 1 aromatic carbocycles. The smallest absolute Gasteiger partial charge is 0.0518 e. The van der Waals surface area contributed by atoms with Crippen LogP contribution >= 0.6 is 0 Å². The molecule has 0 saturated heterocycles. The maximum absolute atomic E-state index is 4.23. The number of fused-ring (bicyclic) bond motifs is 3. The first-order chi connectivity index (χ1) is 10.3. The summed E-state index contributed by atoms with van der Waals surface area (Å²) in [4.78, 5) is 3.63. The molecule has 108 valence electrons. The van der Waals surface area contributed by atoms with Crippen molar-refractivity contribution in [2.75, 3.05) is 0 Å². The van der Waals surface area contributed by atoms with Crippen molar-refractivity contribution in [2.24, 2.45) is 7.05 Å². The van der Waals surface area contributed by atoms with Crippen LogP contribution in [0.3, 0.4) is 0 Å². The third-order valence-corrected chi connectivity index (χ3v) is 4.57. The lowest BCUT2D eigenvalue weighted by molar-refractivity contribution is 0.444. The topological polar surface area (TPSA) is 45.6 Å². The first-order valence-corrected chi connectivity index (χ1v) is 7.62. The Kier molecular flexibility index (Phi) is 3.04. The Morgan fingerprint density at radius 2 is 2.24 bits per heavy atom. The number of benzene rings is 1. The van der Waals surface area contributed by atoms with Gasteiger partial charge in [-0.15, -0.1) is 0 Å². The summed E-state index contributed by atoms with van der Waals surface area (Å²) in [6.07, 6.45) is 5.48. The molecule has 21 heavy (non-hydrogen) atoms. The molecule has 1 aliphatic carbocycles. The molecule has 2 heterocycles. The SMILES string of the molecule is Cn1nccc1CNC1CCCc2c1[nH]c1ccccc21. The van der Waals surface area contributed by atoms with E-state index in [4.69, 9.17) is 0 Å². The Morgan fingerprint density at radius 3 is 3.10 bits per heavy atom. The number of aromatic amines is 1. The molecule has 0 saturated carbocycles. The van der Waals surface area contributed by atoms with Gasteiger partial charge >= 0.3 is 0 Å². The summed E-state index contributed by atoms with van der Waals surface area (Å²) in [7, 11) is 1.99. The van der Waals surface area contributed by atoms with Crippen molar-refractivity contribution in [3.8, 4) is 0 Å². The van der Waals surface area contributed by atoms with Crippen LogP contribution in [0.4, 0.5) is 0 Å². The van der Waals surface area contributed by atoms with Gasteiger partial charge in [-0.25, -0.2) is 0 Å².